The Morgan fingerprint density at radius 1 is 1.57 bits per heavy atom. The number of hydrogen-bond donors (Lipinski definition) is 0. The highest BCUT2D eigenvalue weighted by molar-refractivity contribution is 6.17. The second-order valence-electron chi connectivity index (χ2n) is 4.02. The van der Waals surface area contributed by atoms with Crippen molar-refractivity contribution in [3.63, 3.8) is 0 Å². The summed E-state index contributed by atoms with van der Waals surface area (Å²) in [5.74, 6) is 1.77. The van der Waals surface area contributed by atoms with E-state index in [0.29, 0.717) is 11.9 Å². The number of aryl methyl sites for hydroxylation is 1. The van der Waals surface area contributed by atoms with Gasteiger partial charge in [0.05, 0.1) is 11.6 Å². The lowest BCUT2D eigenvalue weighted by Gasteiger charge is -2.24. The molecular formula is C11H17ClN2. The molecule has 1 unspecified atom stereocenters. The largest absolute Gasteiger partial charge is 0.329 e. The van der Waals surface area contributed by atoms with Gasteiger partial charge in [-0.2, -0.15) is 0 Å². The van der Waals surface area contributed by atoms with Crippen molar-refractivity contribution >= 4 is 11.6 Å². The fourth-order valence-electron chi connectivity index (χ4n) is 2.40. The highest BCUT2D eigenvalue weighted by atomic mass is 35.5. The molecule has 2 heterocycles. The van der Waals surface area contributed by atoms with Crippen LogP contribution < -0.4 is 0 Å². The summed E-state index contributed by atoms with van der Waals surface area (Å²) >= 11 is 5.91. The molecule has 0 aromatic carbocycles. The Morgan fingerprint density at radius 3 is 3.00 bits per heavy atom. The molecule has 1 atom stereocenters. The van der Waals surface area contributed by atoms with Crippen LogP contribution in [0.3, 0.4) is 0 Å². The van der Waals surface area contributed by atoms with Gasteiger partial charge in [0, 0.05) is 18.2 Å². The molecule has 1 aromatic heterocycles. The van der Waals surface area contributed by atoms with Gasteiger partial charge in [0.15, 0.2) is 0 Å². The molecule has 0 spiro atoms. The molecule has 3 heteroatoms. The number of aromatic nitrogens is 2. The fraction of sp³-hybridized carbons (Fsp3) is 0.727. The first kappa shape index (κ1) is 10.0. The first-order valence-corrected chi connectivity index (χ1v) is 5.96. The van der Waals surface area contributed by atoms with E-state index in [2.05, 4.69) is 23.4 Å². The predicted octanol–water partition coefficient (Wildman–Crippen LogP) is 3.08. The van der Waals surface area contributed by atoms with Crippen molar-refractivity contribution in [2.24, 2.45) is 0 Å². The molecule has 0 bridgehead atoms. The van der Waals surface area contributed by atoms with E-state index in [4.69, 9.17) is 11.6 Å². The zero-order valence-electron chi connectivity index (χ0n) is 8.89. The predicted molar refractivity (Wildman–Crippen MR) is 58.8 cm³/mol. The Balaban J connectivity index is 2.50. The van der Waals surface area contributed by atoms with Gasteiger partial charge in [-0.1, -0.05) is 6.92 Å². The lowest BCUT2D eigenvalue weighted by atomic mass is 10.0. The van der Waals surface area contributed by atoms with E-state index in [9.17, 15) is 0 Å². The molecule has 2 rings (SSSR count). The number of nitrogens with zero attached hydrogens (tertiary/aromatic N) is 2. The van der Waals surface area contributed by atoms with E-state index in [0.717, 1.165) is 18.5 Å². The van der Waals surface area contributed by atoms with E-state index in [1.165, 1.54) is 24.4 Å². The zero-order valence-corrected chi connectivity index (χ0v) is 9.64. The van der Waals surface area contributed by atoms with Crippen molar-refractivity contribution in [2.45, 2.75) is 51.5 Å². The molecule has 0 saturated carbocycles. The van der Waals surface area contributed by atoms with E-state index in [1.807, 2.05) is 0 Å². The normalized spacial score (nSPS) is 20.9. The summed E-state index contributed by atoms with van der Waals surface area (Å²) in [5.41, 5.74) is 2.49. The quantitative estimate of drug-likeness (QED) is 0.689. The number of hydrogen-bond acceptors (Lipinski definition) is 1. The van der Waals surface area contributed by atoms with Gasteiger partial charge in [-0.3, -0.25) is 0 Å². The van der Waals surface area contributed by atoms with Crippen LogP contribution in [0, 0.1) is 0 Å². The van der Waals surface area contributed by atoms with E-state index in [-0.39, 0.29) is 0 Å². The first-order chi connectivity index (χ1) is 6.77. The Bertz CT molecular complexity index is 330. The summed E-state index contributed by atoms with van der Waals surface area (Å²) < 4.78 is 2.40. The molecular weight excluding hydrogens is 196 g/mol. The minimum absolute atomic E-state index is 0.558. The van der Waals surface area contributed by atoms with Crippen LogP contribution in [-0.4, -0.2) is 9.55 Å². The van der Waals surface area contributed by atoms with Gasteiger partial charge in [-0.25, -0.2) is 4.98 Å². The zero-order chi connectivity index (χ0) is 10.1. The number of fused-ring (bicyclic) bond motifs is 1. The van der Waals surface area contributed by atoms with Crippen molar-refractivity contribution < 1.29 is 0 Å². The monoisotopic (exact) mass is 212 g/mol. The topological polar surface area (TPSA) is 17.8 Å². The Morgan fingerprint density at radius 2 is 2.36 bits per heavy atom. The second kappa shape index (κ2) is 3.93. The summed E-state index contributed by atoms with van der Waals surface area (Å²) in [6.45, 7) is 4.44. The van der Waals surface area contributed by atoms with E-state index < -0.39 is 0 Å². The smallest absolute Gasteiger partial charge is 0.109 e. The molecule has 78 valence electrons. The molecule has 0 radical (unpaired) electrons. The summed E-state index contributed by atoms with van der Waals surface area (Å²) in [4.78, 5) is 4.61. The van der Waals surface area contributed by atoms with Gasteiger partial charge < -0.3 is 4.57 Å². The molecule has 0 saturated heterocycles. The standard InChI is InChI=1S/C11H17ClN2/c1-3-11-13-9(7-12)10-6-4-5-8(2)14(10)11/h8H,3-7H2,1-2H3. The lowest BCUT2D eigenvalue weighted by molar-refractivity contribution is 0.419. The van der Waals surface area contributed by atoms with Crippen LogP contribution in [0.2, 0.25) is 0 Å². The molecule has 14 heavy (non-hydrogen) atoms. The molecule has 0 aliphatic carbocycles. The Labute approximate surface area is 90.3 Å². The van der Waals surface area contributed by atoms with Gasteiger partial charge in [0.25, 0.3) is 0 Å². The van der Waals surface area contributed by atoms with Crippen LogP contribution in [0.1, 0.15) is 49.9 Å². The van der Waals surface area contributed by atoms with Crippen LogP contribution >= 0.6 is 11.6 Å². The average molecular weight is 213 g/mol. The molecule has 0 fully saturated rings. The lowest BCUT2D eigenvalue weighted by Crippen LogP contribution is -2.17. The van der Waals surface area contributed by atoms with Crippen molar-refractivity contribution in [3.05, 3.63) is 17.2 Å². The maximum atomic E-state index is 5.91. The molecule has 0 N–H and O–H groups in total. The molecule has 0 amide bonds. The second-order valence-corrected chi connectivity index (χ2v) is 4.29. The third kappa shape index (κ3) is 1.46. The van der Waals surface area contributed by atoms with Crippen molar-refractivity contribution in [1.82, 2.24) is 9.55 Å². The molecule has 1 aliphatic rings. The average Bonchev–Trinajstić information content (AvgIpc) is 2.57. The highest BCUT2D eigenvalue weighted by Crippen LogP contribution is 2.29. The summed E-state index contributed by atoms with van der Waals surface area (Å²) in [5, 5.41) is 0. The van der Waals surface area contributed by atoms with Gasteiger partial charge in [-0.05, 0) is 26.2 Å². The van der Waals surface area contributed by atoms with Crippen LogP contribution in [0.15, 0.2) is 0 Å². The summed E-state index contributed by atoms with van der Waals surface area (Å²) in [6, 6.07) is 0.609. The van der Waals surface area contributed by atoms with Crippen LogP contribution in [0.5, 0.6) is 0 Å². The SMILES string of the molecule is CCc1nc(CCl)c2n1C(C)CCC2. The Hall–Kier alpha value is -0.500. The van der Waals surface area contributed by atoms with Crippen LogP contribution in [-0.2, 0) is 18.7 Å². The minimum Gasteiger partial charge on any atom is -0.329 e. The molecule has 1 aliphatic heterocycles. The number of rotatable bonds is 2. The van der Waals surface area contributed by atoms with Crippen LogP contribution in [0.25, 0.3) is 0 Å². The number of alkyl halides is 1. The van der Waals surface area contributed by atoms with Crippen molar-refractivity contribution in [3.8, 4) is 0 Å². The third-order valence-electron chi connectivity index (χ3n) is 3.09. The van der Waals surface area contributed by atoms with Gasteiger partial charge in [-0.15, -0.1) is 11.6 Å². The van der Waals surface area contributed by atoms with Crippen molar-refractivity contribution in [2.75, 3.05) is 0 Å². The first-order valence-electron chi connectivity index (χ1n) is 5.42. The summed E-state index contributed by atoms with van der Waals surface area (Å²) in [7, 11) is 0. The Kier molecular flexibility index (Phi) is 2.82. The minimum atomic E-state index is 0.558. The maximum Gasteiger partial charge on any atom is 0.109 e. The van der Waals surface area contributed by atoms with Gasteiger partial charge in [0.1, 0.15) is 5.82 Å². The third-order valence-corrected chi connectivity index (χ3v) is 3.34. The summed E-state index contributed by atoms with van der Waals surface area (Å²) in [6.07, 6.45) is 4.71. The van der Waals surface area contributed by atoms with Gasteiger partial charge >= 0.3 is 0 Å². The van der Waals surface area contributed by atoms with E-state index >= 15 is 0 Å². The van der Waals surface area contributed by atoms with Gasteiger partial charge in [0.2, 0.25) is 0 Å². The number of imidazole rings is 1. The van der Waals surface area contributed by atoms with Crippen molar-refractivity contribution in [1.29, 1.82) is 0 Å². The highest BCUT2D eigenvalue weighted by Gasteiger charge is 2.22. The van der Waals surface area contributed by atoms with Crippen LogP contribution in [0.4, 0.5) is 0 Å². The maximum absolute atomic E-state index is 5.91. The molecule has 2 nitrogen and oxygen atoms in total. The van der Waals surface area contributed by atoms with E-state index in [1.54, 1.807) is 0 Å². The molecule has 1 aromatic rings. The number of halogens is 1. The fourth-order valence-corrected chi connectivity index (χ4v) is 2.62.